The van der Waals surface area contributed by atoms with Gasteiger partial charge in [-0.05, 0) is 63.1 Å². The van der Waals surface area contributed by atoms with E-state index < -0.39 is 0 Å². The zero-order chi connectivity index (χ0) is 13.5. The predicted octanol–water partition coefficient (Wildman–Crippen LogP) is 4.74. The molecule has 0 aliphatic carbocycles. The number of hydrogen-bond donors (Lipinski definition) is 0. The summed E-state index contributed by atoms with van der Waals surface area (Å²) in [5.74, 6) is 0.186. The Balaban J connectivity index is 2.77. The molecule has 0 radical (unpaired) electrons. The molecule has 0 N–H and O–H groups in total. The molecule has 0 fully saturated rings. The molecule has 1 unspecified atom stereocenters. The zero-order valence-corrected chi connectivity index (χ0v) is 12.2. The minimum absolute atomic E-state index is 0.186. The van der Waals surface area contributed by atoms with Crippen molar-refractivity contribution in [3.05, 3.63) is 34.4 Å². The van der Waals surface area contributed by atoms with Gasteiger partial charge in [0, 0.05) is 5.92 Å². The third-order valence-corrected chi connectivity index (χ3v) is 3.51. The van der Waals surface area contributed by atoms with Crippen molar-refractivity contribution in [2.45, 2.75) is 59.8 Å². The first-order chi connectivity index (χ1) is 8.58. The second-order valence-corrected chi connectivity index (χ2v) is 5.39. The minimum atomic E-state index is 0.186. The summed E-state index contributed by atoms with van der Waals surface area (Å²) in [6, 6.07) is 6.93. The third-order valence-electron chi connectivity index (χ3n) is 3.51. The Bertz CT molecular complexity index is 426. The summed E-state index contributed by atoms with van der Waals surface area (Å²) in [7, 11) is 0. The van der Waals surface area contributed by atoms with Crippen molar-refractivity contribution in [2.75, 3.05) is 0 Å². The smallest absolute Gasteiger partial charge is 0.0652 e. The largest absolute Gasteiger partial charge is 0.198 e. The van der Waals surface area contributed by atoms with Gasteiger partial charge < -0.3 is 0 Å². The van der Waals surface area contributed by atoms with Crippen molar-refractivity contribution in [2.24, 2.45) is 5.92 Å². The molecule has 0 amide bonds. The summed E-state index contributed by atoms with van der Waals surface area (Å²) in [5, 5.41) is 8.81. The summed E-state index contributed by atoms with van der Waals surface area (Å²) in [6.45, 7) is 8.64. The van der Waals surface area contributed by atoms with Crippen LogP contribution in [0.4, 0.5) is 0 Å². The van der Waals surface area contributed by atoms with E-state index in [1.54, 1.807) is 0 Å². The van der Waals surface area contributed by atoms with E-state index in [0.29, 0.717) is 0 Å². The van der Waals surface area contributed by atoms with Gasteiger partial charge in [0.2, 0.25) is 0 Å². The van der Waals surface area contributed by atoms with Crippen LogP contribution in [0.25, 0.3) is 0 Å². The van der Waals surface area contributed by atoms with Crippen LogP contribution in [0.1, 0.15) is 55.4 Å². The fraction of sp³-hybridized carbons (Fsp3) is 0.588. The number of nitriles is 1. The van der Waals surface area contributed by atoms with Crippen molar-refractivity contribution in [1.29, 1.82) is 5.26 Å². The Labute approximate surface area is 112 Å². The van der Waals surface area contributed by atoms with E-state index in [9.17, 15) is 0 Å². The summed E-state index contributed by atoms with van der Waals surface area (Å²) in [6.07, 6.45) is 5.62. The first-order valence-corrected chi connectivity index (χ1v) is 7.07. The lowest BCUT2D eigenvalue weighted by Gasteiger charge is -2.14. The van der Waals surface area contributed by atoms with E-state index in [4.69, 9.17) is 5.26 Å². The first-order valence-electron chi connectivity index (χ1n) is 7.07. The van der Waals surface area contributed by atoms with Crippen molar-refractivity contribution >= 4 is 0 Å². The van der Waals surface area contributed by atoms with Crippen LogP contribution in [0.2, 0.25) is 0 Å². The molecule has 0 bridgehead atoms. The molecule has 18 heavy (non-hydrogen) atoms. The molecule has 1 heteroatoms. The molecule has 0 aliphatic rings. The summed E-state index contributed by atoms with van der Waals surface area (Å²) in [4.78, 5) is 0. The SMILES string of the molecule is CCCc1cc(C)cc(C)c1CCCC(C)C#N. The third kappa shape index (κ3) is 4.18. The Morgan fingerprint density at radius 1 is 1.22 bits per heavy atom. The Morgan fingerprint density at radius 3 is 2.56 bits per heavy atom. The van der Waals surface area contributed by atoms with Gasteiger partial charge in [0.25, 0.3) is 0 Å². The molecule has 98 valence electrons. The molecule has 1 atom stereocenters. The topological polar surface area (TPSA) is 23.8 Å². The molecular weight excluding hydrogens is 218 g/mol. The second-order valence-electron chi connectivity index (χ2n) is 5.39. The molecule has 1 nitrogen and oxygen atoms in total. The Morgan fingerprint density at radius 2 is 1.94 bits per heavy atom. The number of nitrogens with zero attached hydrogens (tertiary/aromatic N) is 1. The molecule has 0 aromatic heterocycles. The van der Waals surface area contributed by atoms with Crippen LogP contribution >= 0.6 is 0 Å². The average Bonchev–Trinajstić information content (AvgIpc) is 2.32. The van der Waals surface area contributed by atoms with Gasteiger partial charge in [-0.1, -0.05) is 31.0 Å². The first kappa shape index (κ1) is 14.8. The molecule has 0 spiro atoms. The quantitative estimate of drug-likeness (QED) is 0.708. The van der Waals surface area contributed by atoms with Crippen molar-refractivity contribution in [1.82, 2.24) is 0 Å². The number of benzene rings is 1. The highest BCUT2D eigenvalue weighted by molar-refractivity contribution is 5.38. The summed E-state index contributed by atoms with van der Waals surface area (Å²) >= 11 is 0. The van der Waals surface area contributed by atoms with Crippen LogP contribution in [0.15, 0.2) is 12.1 Å². The van der Waals surface area contributed by atoms with Gasteiger partial charge >= 0.3 is 0 Å². The van der Waals surface area contributed by atoms with Crippen molar-refractivity contribution in [3.63, 3.8) is 0 Å². The minimum Gasteiger partial charge on any atom is -0.198 e. The monoisotopic (exact) mass is 243 g/mol. The normalized spacial score (nSPS) is 12.2. The molecule has 0 aliphatic heterocycles. The Hall–Kier alpha value is -1.29. The lowest BCUT2D eigenvalue weighted by molar-refractivity contribution is 0.613. The lowest BCUT2D eigenvalue weighted by Crippen LogP contribution is -2.01. The van der Waals surface area contributed by atoms with E-state index in [-0.39, 0.29) is 5.92 Å². The van der Waals surface area contributed by atoms with E-state index >= 15 is 0 Å². The number of aryl methyl sites for hydroxylation is 3. The Kier molecular flexibility index (Phi) is 5.92. The number of rotatable bonds is 6. The maximum atomic E-state index is 8.81. The highest BCUT2D eigenvalue weighted by atomic mass is 14.3. The fourth-order valence-corrected chi connectivity index (χ4v) is 2.59. The summed E-state index contributed by atoms with van der Waals surface area (Å²) in [5.41, 5.74) is 5.82. The van der Waals surface area contributed by atoms with Gasteiger partial charge in [-0.3, -0.25) is 0 Å². The molecule has 0 saturated carbocycles. The van der Waals surface area contributed by atoms with Crippen LogP contribution in [0, 0.1) is 31.1 Å². The van der Waals surface area contributed by atoms with Crippen LogP contribution in [-0.4, -0.2) is 0 Å². The van der Waals surface area contributed by atoms with Crippen molar-refractivity contribution in [3.8, 4) is 6.07 Å². The van der Waals surface area contributed by atoms with Crippen molar-refractivity contribution < 1.29 is 0 Å². The molecule has 1 aromatic rings. The van der Waals surface area contributed by atoms with E-state index in [1.165, 1.54) is 35.1 Å². The van der Waals surface area contributed by atoms with E-state index in [1.807, 2.05) is 6.92 Å². The van der Waals surface area contributed by atoms with Gasteiger partial charge in [-0.15, -0.1) is 0 Å². The van der Waals surface area contributed by atoms with Gasteiger partial charge in [0.15, 0.2) is 0 Å². The van der Waals surface area contributed by atoms with Crippen LogP contribution in [0.3, 0.4) is 0 Å². The fourth-order valence-electron chi connectivity index (χ4n) is 2.59. The van der Waals surface area contributed by atoms with E-state index in [2.05, 4.69) is 39.0 Å². The van der Waals surface area contributed by atoms with Crippen LogP contribution in [0.5, 0.6) is 0 Å². The zero-order valence-electron chi connectivity index (χ0n) is 12.2. The highest BCUT2D eigenvalue weighted by Gasteiger charge is 2.07. The standard InChI is InChI=1S/C17H25N/c1-5-7-16-11-14(3)10-15(4)17(16)9-6-8-13(2)12-18/h10-11,13H,5-9H2,1-4H3. The maximum Gasteiger partial charge on any atom is 0.0652 e. The molecule has 1 rings (SSSR count). The average molecular weight is 243 g/mol. The number of hydrogen-bond acceptors (Lipinski definition) is 1. The van der Waals surface area contributed by atoms with Crippen LogP contribution < -0.4 is 0 Å². The second kappa shape index (κ2) is 7.21. The van der Waals surface area contributed by atoms with E-state index in [0.717, 1.165) is 19.3 Å². The molecule has 0 saturated heterocycles. The predicted molar refractivity (Wildman–Crippen MR) is 77.6 cm³/mol. The van der Waals surface area contributed by atoms with Crippen LogP contribution in [-0.2, 0) is 12.8 Å². The van der Waals surface area contributed by atoms with Gasteiger partial charge in [-0.25, -0.2) is 0 Å². The van der Waals surface area contributed by atoms with Gasteiger partial charge in [-0.2, -0.15) is 5.26 Å². The highest BCUT2D eigenvalue weighted by Crippen LogP contribution is 2.21. The summed E-state index contributed by atoms with van der Waals surface area (Å²) < 4.78 is 0. The molecule has 1 aromatic carbocycles. The van der Waals surface area contributed by atoms with Gasteiger partial charge in [0.1, 0.15) is 0 Å². The van der Waals surface area contributed by atoms with Gasteiger partial charge in [0.05, 0.1) is 6.07 Å². The maximum absolute atomic E-state index is 8.81. The molecular formula is C17H25N. The lowest BCUT2D eigenvalue weighted by atomic mass is 9.91. The molecule has 0 heterocycles.